The van der Waals surface area contributed by atoms with E-state index in [-0.39, 0.29) is 90.4 Å². The Hall–Kier alpha value is -1.80. The van der Waals surface area contributed by atoms with Gasteiger partial charge in [0, 0.05) is 59.3 Å². The summed E-state index contributed by atoms with van der Waals surface area (Å²) in [4.78, 5) is 63.3. The smallest absolute Gasteiger partial charge is 0.373 e. The number of carboxylic acid groups (broad SMARTS) is 2. The average molecular weight is 1140 g/mol. The van der Waals surface area contributed by atoms with Gasteiger partial charge in [-0.05, 0) is 109 Å². The van der Waals surface area contributed by atoms with E-state index in [4.69, 9.17) is 56.2 Å². The first-order chi connectivity index (χ1) is 28.8. The van der Waals surface area contributed by atoms with Crippen LogP contribution in [0, 0.1) is 5.92 Å². The maximum Gasteiger partial charge on any atom is 0.373 e. The molecule has 0 rings (SSSR count). The molecule has 0 aliphatic rings. The molecule has 71 heavy (non-hydrogen) atoms. The lowest BCUT2D eigenvalue weighted by Gasteiger charge is -2.40. The minimum atomic E-state index is -2.54. The molecule has 8 N–H and O–H groups in total. The van der Waals surface area contributed by atoms with Crippen molar-refractivity contribution in [2.75, 3.05) is 47.0 Å². The fourth-order valence-electron chi connectivity index (χ4n) is 6.76. The molecule has 0 bridgehead atoms. The number of nitrogens with two attached hydrogens (primary N) is 2. The zero-order valence-electron chi connectivity index (χ0n) is 41.2. The Morgan fingerprint density at radius 3 is 1.28 bits per heavy atom. The number of nitrogens with one attached hydrogen (secondary N) is 2. The highest BCUT2D eigenvalue weighted by Gasteiger charge is 2.46. The summed E-state index contributed by atoms with van der Waals surface area (Å²) in [7, 11) is -9.99. The van der Waals surface area contributed by atoms with Gasteiger partial charge in [-0.15, -0.1) is 0 Å². The number of hydrogen-bond acceptors (Lipinski definition) is 15. The van der Waals surface area contributed by atoms with Crippen molar-refractivity contribution in [2.45, 2.75) is 220 Å². The molecule has 0 fully saturated rings. The quantitative estimate of drug-likeness (QED) is 0.0263. The van der Waals surface area contributed by atoms with Gasteiger partial charge in [-0.2, -0.15) is 9.59 Å². The van der Waals surface area contributed by atoms with Crippen molar-refractivity contribution in [2.24, 2.45) is 17.4 Å². The lowest BCUT2D eigenvalue weighted by atomic mass is 9.98. The molecule has 0 aromatic heterocycles. The third kappa shape index (κ3) is 47.6. The van der Waals surface area contributed by atoms with Crippen molar-refractivity contribution in [3.8, 4) is 0 Å². The first-order valence-electron chi connectivity index (χ1n) is 21.8. The summed E-state index contributed by atoms with van der Waals surface area (Å²) in [6.45, 7) is 28.4. The maximum absolute atomic E-state index is 12.6. The van der Waals surface area contributed by atoms with Gasteiger partial charge in [0.2, 0.25) is 11.8 Å². The van der Waals surface area contributed by atoms with Gasteiger partial charge in [-0.3, -0.25) is 14.4 Å². The first-order valence-corrected chi connectivity index (χ1v) is 38.7. The Bertz CT molecular complexity index is 1380. The van der Waals surface area contributed by atoms with Gasteiger partial charge in [0.1, 0.15) is 0 Å². The largest absolute Gasteiger partial charge is 0.481 e. The van der Waals surface area contributed by atoms with E-state index in [1.807, 2.05) is 6.55 Å². The lowest BCUT2D eigenvalue weighted by Crippen LogP contribution is -2.55. The summed E-state index contributed by atoms with van der Waals surface area (Å²) in [5, 5.41) is 23.7. The molecule has 0 aliphatic heterocycles. The second-order valence-corrected chi connectivity index (χ2v) is 41.8. The number of hydrogen-bond donors (Lipinski definition) is 6. The average Bonchev–Trinajstić information content (AvgIpc) is 3.13. The van der Waals surface area contributed by atoms with Crippen LogP contribution in [0.4, 0.5) is 0 Å². The standard InChI is InChI=1S/C20H48N4O5Si3.C17H38O8Si3.CO2.8CH4/c1-8-15-32(7,28-30(3,4)5)29-31(6,27-2)16-9-10-18(20(26)24-14-12-22)17-19(25)23-13-11-21;1-9-12-28(8,24-26(4,5)6)25-27(7,22-3)13-10-11-23-17(2,16(20)21)14-15(18)19;2-1-3;;;;;;;;/h18H,8-17,21-22H2,1-7H3,(H,23,25)(H,24,26);9-14H2,1-8H3,(H,18,19)(H,20,21);;8*1H4. The second-order valence-electron chi connectivity index (χ2n) is 18.2. The molecule has 0 aliphatic carbocycles. The van der Waals surface area contributed by atoms with E-state index in [0.717, 1.165) is 37.4 Å². The molecule has 0 radical (unpaired) electrons. The molecule has 0 heterocycles. The van der Waals surface area contributed by atoms with Crippen LogP contribution in [0.2, 0.25) is 89.6 Å². The van der Waals surface area contributed by atoms with E-state index in [0.29, 0.717) is 45.1 Å². The zero-order valence-corrected chi connectivity index (χ0v) is 47.2. The first kappa shape index (κ1) is 95.0. The molecule has 0 saturated carbocycles. The number of carbonyl (C=O) groups excluding carboxylic acids is 4. The topological polar surface area (TPSA) is 284 Å². The molecule has 25 heteroatoms. The van der Waals surface area contributed by atoms with Crippen molar-refractivity contribution in [3.05, 3.63) is 0 Å². The van der Waals surface area contributed by atoms with Crippen molar-refractivity contribution in [1.82, 2.24) is 10.6 Å². The van der Waals surface area contributed by atoms with Gasteiger partial charge in [0.05, 0.1) is 6.42 Å². The molecule has 0 saturated heterocycles. The van der Waals surface area contributed by atoms with Crippen LogP contribution in [-0.4, -0.2) is 144 Å². The maximum atomic E-state index is 12.6. The number of amides is 2. The van der Waals surface area contributed by atoms with Crippen LogP contribution in [0.5, 0.6) is 0 Å². The summed E-state index contributed by atoms with van der Waals surface area (Å²) in [5.41, 5.74) is 9.21. The lowest BCUT2D eigenvalue weighted by molar-refractivity contribution is -0.191. The van der Waals surface area contributed by atoms with Crippen LogP contribution >= 0.6 is 0 Å². The Morgan fingerprint density at radius 2 is 0.972 bits per heavy atom. The highest BCUT2D eigenvalue weighted by molar-refractivity contribution is 6.87. The van der Waals surface area contributed by atoms with Crippen molar-refractivity contribution >= 4 is 80.8 Å². The fourth-order valence-corrected chi connectivity index (χ4v) is 32.5. The SMILES string of the molecule is C.C.C.C.C.C.C.C.CCC[Si](C)(O[Si](C)(C)C)O[Si](C)(CCCC(CC(=O)NCCN)C(=O)NCCN)OC.CCC[Si](C)(O[Si](C)(C)C)O[Si](C)(CCCOC(C)(CC(=O)O)C(=O)O)OC.O=C=O. The van der Waals surface area contributed by atoms with Gasteiger partial charge in [-0.1, -0.05) is 92.5 Å². The summed E-state index contributed by atoms with van der Waals surface area (Å²) in [5.74, 6) is -3.24. The molecule has 0 aromatic rings. The zero-order chi connectivity index (χ0) is 49.8. The van der Waals surface area contributed by atoms with E-state index >= 15 is 0 Å². The fraction of sp³-hybridized carbons (Fsp3) is 0.891. The molecule has 0 aromatic carbocycles. The van der Waals surface area contributed by atoms with Crippen LogP contribution < -0.4 is 22.1 Å². The Balaban J connectivity index is -0.0000000968. The van der Waals surface area contributed by atoms with Crippen LogP contribution in [-0.2, 0) is 58.8 Å². The number of aliphatic carboxylic acids is 2. The van der Waals surface area contributed by atoms with Gasteiger partial charge in [0.15, 0.2) is 22.2 Å². The Kier molecular flexibility index (Phi) is 62.5. The second kappa shape index (κ2) is 46.7. The third-order valence-corrected chi connectivity index (χ3v) is 31.5. The van der Waals surface area contributed by atoms with E-state index in [1.54, 1.807) is 14.2 Å². The van der Waals surface area contributed by atoms with Crippen molar-refractivity contribution < 1.29 is 69.0 Å². The summed E-state index contributed by atoms with van der Waals surface area (Å²) < 4.78 is 43.3. The molecule has 0 spiro atoms. The molecule has 436 valence electrons. The summed E-state index contributed by atoms with van der Waals surface area (Å²) >= 11 is 0. The van der Waals surface area contributed by atoms with Crippen molar-refractivity contribution in [1.29, 1.82) is 0 Å². The van der Waals surface area contributed by atoms with E-state index in [1.165, 1.54) is 6.92 Å². The molecule has 2 amide bonds. The minimum Gasteiger partial charge on any atom is -0.481 e. The molecule has 19 nitrogen and oxygen atoms in total. The van der Waals surface area contributed by atoms with Crippen LogP contribution in [0.3, 0.4) is 0 Å². The number of carbonyl (C=O) groups is 4. The highest BCUT2D eigenvalue weighted by Crippen LogP contribution is 2.31. The van der Waals surface area contributed by atoms with Gasteiger partial charge >= 0.3 is 52.3 Å². The normalized spacial score (nSPS) is 15.0. The van der Waals surface area contributed by atoms with Gasteiger partial charge in [0.25, 0.3) is 0 Å². The van der Waals surface area contributed by atoms with Crippen LogP contribution in [0.1, 0.15) is 125 Å². The summed E-state index contributed by atoms with van der Waals surface area (Å²) in [6.07, 6.45) is 3.57. The number of carboxylic acids is 2. The predicted octanol–water partition coefficient (Wildman–Crippen LogP) is 10.3. The number of rotatable bonds is 33. The van der Waals surface area contributed by atoms with E-state index in [2.05, 4.69) is 83.4 Å². The number of ether oxygens (including phenoxy) is 1. The Morgan fingerprint density at radius 1 is 0.606 bits per heavy atom. The molecule has 6 unspecified atom stereocenters. The molecular weight excluding hydrogens is 1020 g/mol. The Labute approximate surface area is 443 Å². The third-order valence-electron chi connectivity index (χ3n) is 9.21. The van der Waals surface area contributed by atoms with Gasteiger partial charge < -0.3 is 62.4 Å². The van der Waals surface area contributed by atoms with Crippen LogP contribution in [0.25, 0.3) is 0 Å². The molecular formula is C46H118N4O15Si6. The van der Waals surface area contributed by atoms with E-state index in [9.17, 15) is 24.3 Å². The highest BCUT2D eigenvalue weighted by atomic mass is 28.5. The monoisotopic (exact) mass is 1130 g/mol. The minimum absolute atomic E-state index is 0. The van der Waals surface area contributed by atoms with Gasteiger partial charge in [-0.25, -0.2) is 4.79 Å². The predicted molar refractivity (Wildman–Crippen MR) is 311 cm³/mol. The summed E-state index contributed by atoms with van der Waals surface area (Å²) in [6, 6.07) is 3.15. The van der Waals surface area contributed by atoms with Crippen molar-refractivity contribution in [3.63, 3.8) is 0 Å². The van der Waals surface area contributed by atoms with Crippen LogP contribution in [0.15, 0.2) is 0 Å². The molecule has 6 atom stereocenters. The van der Waals surface area contributed by atoms with E-state index < -0.39 is 80.8 Å².